The third kappa shape index (κ3) is 5.21. The number of carbonyl (C=O) groups is 2. The van der Waals surface area contributed by atoms with Crippen LogP contribution in [0.5, 0.6) is 0 Å². The highest BCUT2D eigenvalue weighted by molar-refractivity contribution is 5.78. The number of hydrogen-bond acceptors (Lipinski definition) is 2. The van der Waals surface area contributed by atoms with Gasteiger partial charge in [-0.1, -0.05) is 30.3 Å². The summed E-state index contributed by atoms with van der Waals surface area (Å²) >= 11 is 0. The van der Waals surface area contributed by atoms with Crippen molar-refractivity contribution in [2.45, 2.75) is 32.6 Å². The van der Waals surface area contributed by atoms with Gasteiger partial charge in [0, 0.05) is 26.1 Å². The first kappa shape index (κ1) is 15.5. The van der Waals surface area contributed by atoms with E-state index in [9.17, 15) is 9.59 Å². The van der Waals surface area contributed by atoms with Gasteiger partial charge in [0.15, 0.2) is 0 Å². The second-order valence-electron chi connectivity index (χ2n) is 5.80. The van der Waals surface area contributed by atoms with Crippen LogP contribution in [-0.4, -0.2) is 36.3 Å². The van der Waals surface area contributed by atoms with E-state index in [1.807, 2.05) is 11.0 Å². The van der Waals surface area contributed by atoms with Gasteiger partial charge in [0.25, 0.3) is 0 Å². The van der Waals surface area contributed by atoms with Crippen LogP contribution in [0.2, 0.25) is 0 Å². The van der Waals surface area contributed by atoms with Crippen LogP contribution in [0.1, 0.15) is 31.7 Å². The van der Waals surface area contributed by atoms with Crippen LogP contribution < -0.4 is 5.32 Å². The molecule has 0 unspecified atom stereocenters. The summed E-state index contributed by atoms with van der Waals surface area (Å²) in [6.45, 7) is 3.60. The summed E-state index contributed by atoms with van der Waals surface area (Å²) in [5, 5.41) is 2.81. The highest BCUT2D eigenvalue weighted by Crippen LogP contribution is 2.21. The summed E-state index contributed by atoms with van der Waals surface area (Å²) in [6, 6.07) is 10.5. The minimum Gasteiger partial charge on any atom is -0.338 e. The van der Waals surface area contributed by atoms with Gasteiger partial charge in [-0.3, -0.25) is 4.79 Å². The van der Waals surface area contributed by atoms with Gasteiger partial charge < -0.3 is 10.2 Å². The monoisotopic (exact) mass is 288 g/mol. The number of carbonyl (C=O) groups excluding carboxylic acids is 2. The Bertz CT molecular complexity index is 465. The fourth-order valence-corrected chi connectivity index (χ4v) is 2.74. The molecule has 1 fully saturated rings. The van der Waals surface area contributed by atoms with Gasteiger partial charge in [0.05, 0.1) is 0 Å². The van der Waals surface area contributed by atoms with E-state index in [0.717, 1.165) is 32.4 Å². The standard InChI is InChI=1S/C17H24N2O2/c1-14(20)7-10-18-17(21)19-11-8-16(9-12-19)13-15-5-3-2-4-6-15/h2-6,16H,7-13H2,1H3,(H,18,21). The third-order valence-electron chi connectivity index (χ3n) is 4.02. The molecule has 4 heteroatoms. The number of piperidine rings is 1. The Labute approximate surface area is 126 Å². The number of nitrogens with zero attached hydrogens (tertiary/aromatic N) is 1. The van der Waals surface area contributed by atoms with Crippen molar-refractivity contribution in [1.82, 2.24) is 10.2 Å². The van der Waals surface area contributed by atoms with Gasteiger partial charge in [0.2, 0.25) is 0 Å². The predicted molar refractivity (Wildman–Crippen MR) is 83.1 cm³/mol. The lowest BCUT2D eigenvalue weighted by Crippen LogP contribution is -2.45. The van der Waals surface area contributed by atoms with Gasteiger partial charge in [-0.25, -0.2) is 4.79 Å². The second kappa shape index (κ2) is 7.81. The summed E-state index contributed by atoms with van der Waals surface area (Å²) in [5.41, 5.74) is 1.38. The maximum absolute atomic E-state index is 11.9. The van der Waals surface area contributed by atoms with E-state index < -0.39 is 0 Å². The van der Waals surface area contributed by atoms with Crippen molar-refractivity contribution in [1.29, 1.82) is 0 Å². The Hall–Kier alpha value is -1.84. The summed E-state index contributed by atoms with van der Waals surface area (Å²) < 4.78 is 0. The van der Waals surface area contributed by atoms with E-state index in [2.05, 4.69) is 29.6 Å². The Morgan fingerprint density at radius 3 is 2.48 bits per heavy atom. The first-order chi connectivity index (χ1) is 10.1. The van der Waals surface area contributed by atoms with Gasteiger partial charge >= 0.3 is 6.03 Å². The van der Waals surface area contributed by atoms with E-state index in [1.165, 1.54) is 5.56 Å². The Morgan fingerprint density at radius 1 is 1.19 bits per heavy atom. The second-order valence-corrected chi connectivity index (χ2v) is 5.80. The molecule has 1 saturated heterocycles. The molecule has 0 spiro atoms. The average Bonchev–Trinajstić information content (AvgIpc) is 2.48. The number of amides is 2. The molecule has 1 heterocycles. The summed E-state index contributed by atoms with van der Waals surface area (Å²) in [7, 11) is 0. The van der Waals surface area contributed by atoms with Crippen molar-refractivity contribution >= 4 is 11.8 Å². The number of nitrogens with one attached hydrogen (secondary N) is 1. The van der Waals surface area contributed by atoms with Crippen molar-refractivity contribution in [3.05, 3.63) is 35.9 Å². The van der Waals surface area contributed by atoms with E-state index in [1.54, 1.807) is 6.92 Å². The molecule has 0 bridgehead atoms. The van der Waals surface area contributed by atoms with Gasteiger partial charge in [-0.15, -0.1) is 0 Å². The highest BCUT2D eigenvalue weighted by Gasteiger charge is 2.22. The first-order valence-electron chi connectivity index (χ1n) is 7.71. The SMILES string of the molecule is CC(=O)CCNC(=O)N1CCC(Cc2ccccc2)CC1. The number of likely N-dealkylation sites (tertiary alicyclic amines) is 1. The molecule has 2 amide bonds. The normalized spacial score (nSPS) is 15.8. The van der Waals surface area contributed by atoms with E-state index in [0.29, 0.717) is 18.9 Å². The molecule has 1 aliphatic heterocycles. The molecule has 21 heavy (non-hydrogen) atoms. The minimum absolute atomic E-state index is 0.0330. The van der Waals surface area contributed by atoms with Crippen LogP contribution in [0.4, 0.5) is 4.79 Å². The van der Waals surface area contributed by atoms with Crippen LogP contribution in [0, 0.1) is 5.92 Å². The van der Waals surface area contributed by atoms with Crippen molar-refractivity contribution < 1.29 is 9.59 Å². The quantitative estimate of drug-likeness (QED) is 0.905. The molecule has 0 saturated carbocycles. The number of hydrogen-bond donors (Lipinski definition) is 1. The van der Waals surface area contributed by atoms with Crippen molar-refractivity contribution in [3.8, 4) is 0 Å². The van der Waals surface area contributed by atoms with Gasteiger partial charge in [0.1, 0.15) is 5.78 Å². The molecule has 114 valence electrons. The van der Waals surface area contributed by atoms with Crippen molar-refractivity contribution in [3.63, 3.8) is 0 Å². The maximum atomic E-state index is 11.9. The van der Waals surface area contributed by atoms with Crippen LogP contribution in [0.15, 0.2) is 30.3 Å². The summed E-state index contributed by atoms with van der Waals surface area (Å²) in [6.07, 6.45) is 3.61. The van der Waals surface area contributed by atoms with E-state index in [-0.39, 0.29) is 11.8 Å². The molecular weight excluding hydrogens is 264 g/mol. The van der Waals surface area contributed by atoms with Crippen LogP contribution in [0.3, 0.4) is 0 Å². The molecule has 2 rings (SSSR count). The van der Waals surface area contributed by atoms with E-state index in [4.69, 9.17) is 0 Å². The lowest BCUT2D eigenvalue weighted by Gasteiger charge is -2.32. The molecule has 1 N–H and O–H groups in total. The van der Waals surface area contributed by atoms with E-state index >= 15 is 0 Å². The Kier molecular flexibility index (Phi) is 5.78. The van der Waals surface area contributed by atoms with Crippen LogP contribution in [0.25, 0.3) is 0 Å². The molecule has 0 aromatic heterocycles. The molecular formula is C17H24N2O2. The lowest BCUT2D eigenvalue weighted by atomic mass is 9.90. The van der Waals surface area contributed by atoms with Crippen LogP contribution in [-0.2, 0) is 11.2 Å². The smallest absolute Gasteiger partial charge is 0.317 e. The molecule has 0 aliphatic carbocycles. The lowest BCUT2D eigenvalue weighted by molar-refractivity contribution is -0.116. The maximum Gasteiger partial charge on any atom is 0.317 e. The molecule has 4 nitrogen and oxygen atoms in total. The van der Waals surface area contributed by atoms with Crippen molar-refractivity contribution in [2.24, 2.45) is 5.92 Å². The Morgan fingerprint density at radius 2 is 1.86 bits per heavy atom. The first-order valence-corrected chi connectivity index (χ1v) is 7.71. The molecule has 1 aliphatic rings. The fraction of sp³-hybridized carbons (Fsp3) is 0.529. The number of rotatable bonds is 5. The zero-order valence-corrected chi connectivity index (χ0v) is 12.7. The third-order valence-corrected chi connectivity index (χ3v) is 4.02. The number of benzene rings is 1. The zero-order chi connectivity index (χ0) is 15.1. The molecule has 0 radical (unpaired) electrons. The van der Waals surface area contributed by atoms with Crippen molar-refractivity contribution in [2.75, 3.05) is 19.6 Å². The number of urea groups is 1. The largest absolute Gasteiger partial charge is 0.338 e. The number of Topliss-reactive ketones (excluding diaryl/α,β-unsaturated/α-hetero) is 1. The summed E-state index contributed by atoms with van der Waals surface area (Å²) in [5.74, 6) is 0.769. The average molecular weight is 288 g/mol. The predicted octanol–water partition coefficient (Wildman–Crippen LogP) is 2.63. The zero-order valence-electron chi connectivity index (χ0n) is 12.7. The minimum atomic E-state index is -0.0330. The topological polar surface area (TPSA) is 49.4 Å². The highest BCUT2D eigenvalue weighted by atomic mass is 16.2. The van der Waals surface area contributed by atoms with Crippen LogP contribution >= 0.6 is 0 Å². The molecule has 1 aromatic rings. The molecule has 1 aromatic carbocycles. The van der Waals surface area contributed by atoms with Gasteiger partial charge in [-0.05, 0) is 37.7 Å². The molecule has 0 atom stereocenters. The number of ketones is 1. The van der Waals surface area contributed by atoms with Gasteiger partial charge in [-0.2, -0.15) is 0 Å². The fourth-order valence-electron chi connectivity index (χ4n) is 2.74. The summed E-state index contributed by atoms with van der Waals surface area (Å²) in [4.78, 5) is 24.7. The Balaban J connectivity index is 1.70.